The first-order chi connectivity index (χ1) is 8.70. The lowest BCUT2D eigenvalue weighted by atomic mass is 9.87. The number of hydrogen-bond acceptors (Lipinski definition) is 3. The van der Waals surface area contributed by atoms with Crippen LogP contribution in [0, 0.1) is 11.8 Å². The third-order valence-corrected chi connectivity index (χ3v) is 3.93. The molecule has 1 aliphatic heterocycles. The van der Waals surface area contributed by atoms with Gasteiger partial charge in [-0.15, -0.1) is 0 Å². The van der Waals surface area contributed by atoms with Gasteiger partial charge in [0.15, 0.2) is 0 Å². The van der Waals surface area contributed by atoms with Crippen LogP contribution >= 0.6 is 0 Å². The zero-order valence-electron chi connectivity index (χ0n) is 11.0. The number of hydrogen-bond donors (Lipinski definition) is 1. The van der Waals surface area contributed by atoms with Crippen LogP contribution in [0.5, 0.6) is 0 Å². The average molecular weight is 250 g/mol. The Labute approximate surface area is 108 Å². The van der Waals surface area contributed by atoms with E-state index in [0.717, 1.165) is 25.3 Å². The first kappa shape index (κ1) is 13.1. The van der Waals surface area contributed by atoms with E-state index in [-0.39, 0.29) is 5.91 Å². The van der Waals surface area contributed by atoms with Crippen LogP contribution in [0.3, 0.4) is 0 Å². The predicted octanol–water partition coefficient (Wildman–Crippen LogP) is 1.66. The van der Waals surface area contributed by atoms with Crippen LogP contribution in [0.1, 0.15) is 25.5 Å². The molecule has 1 fully saturated rings. The summed E-state index contributed by atoms with van der Waals surface area (Å²) in [6.07, 6.45) is 3.92. The fourth-order valence-electron chi connectivity index (χ4n) is 2.53. The van der Waals surface area contributed by atoms with Crippen LogP contribution in [-0.4, -0.2) is 30.4 Å². The van der Waals surface area contributed by atoms with Crippen molar-refractivity contribution < 1.29 is 9.21 Å². The van der Waals surface area contributed by atoms with Crippen molar-refractivity contribution in [3.63, 3.8) is 0 Å². The van der Waals surface area contributed by atoms with E-state index in [9.17, 15) is 4.79 Å². The molecule has 2 rings (SSSR count). The number of carbonyl (C=O) groups excluding carboxylic acids is 1. The van der Waals surface area contributed by atoms with E-state index in [2.05, 4.69) is 6.92 Å². The van der Waals surface area contributed by atoms with Gasteiger partial charge >= 0.3 is 0 Å². The van der Waals surface area contributed by atoms with Crippen LogP contribution in [-0.2, 0) is 11.2 Å². The second-order valence-electron chi connectivity index (χ2n) is 5.18. The molecular formula is C14H22N2O2. The first-order valence-electron chi connectivity index (χ1n) is 6.71. The quantitative estimate of drug-likeness (QED) is 0.884. The highest BCUT2D eigenvalue weighted by atomic mass is 16.3. The Bertz CT molecular complexity index is 375. The van der Waals surface area contributed by atoms with Crippen LogP contribution in [0.25, 0.3) is 0 Å². The molecule has 1 amide bonds. The topological polar surface area (TPSA) is 59.5 Å². The Kier molecular flexibility index (Phi) is 4.42. The minimum Gasteiger partial charge on any atom is -0.469 e. The number of aryl methyl sites for hydroxylation is 1. The number of likely N-dealkylation sites (tertiary alicyclic amines) is 1. The van der Waals surface area contributed by atoms with E-state index in [4.69, 9.17) is 10.2 Å². The van der Waals surface area contributed by atoms with Gasteiger partial charge < -0.3 is 15.1 Å². The molecule has 0 spiro atoms. The van der Waals surface area contributed by atoms with Crippen molar-refractivity contribution in [2.75, 3.05) is 19.6 Å². The van der Waals surface area contributed by atoms with Gasteiger partial charge in [-0.1, -0.05) is 6.92 Å². The number of furan rings is 1. The molecule has 4 nitrogen and oxygen atoms in total. The molecule has 2 N–H and O–H groups in total. The summed E-state index contributed by atoms with van der Waals surface area (Å²) < 4.78 is 5.24. The number of piperidine rings is 1. The smallest absolute Gasteiger partial charge is 0.223 e. The van der Waals surface area contributed by atoms with Gasteiger partial charge in [0.2, 0.25) is 5.91 Å². The molecule has 0 aliphatic carbocycles. The zero-order valence-corrected chi connectivity index (χ0v) is 11.0. The van der Waals surface area contributed by atoms with Gasteiger partial charge in [0, 0.05) is 25.9 Å². The molecule has 2 atom stereocenters. The molecule has 2 heterocycles. The molecule has 1 aliphatic rings. The highest BCUT2D eigenvalue weighted by Gasteiger charge is 2.27. The Balaban J connectivity index is 1.82. The molecule has 1 aromatic rings. The summed E-state index contributed by atoms with van der Waals surface area (Å²) >= 11 is 0. The van der Waals surface area contributed by atoms with E-state index >= 15 is 0 Å². The maximum Gasteiger partial charge on any atom is 0.223 e. The standard InChI is InChI=1S/C14H22N2O2/c1-11-6-7-16(10-12(11)9-15)14(17)5-4-13-3-2-8-18-13/h2-3,8,11-12H,4-7,9-10,15H2,1H3. The van der Waals surface area contributed by atoms with E-state index < -0.39 is 0 Å². The third-order valence-electron chi connectivity index (χ3n) is 3.93. The van der Waals surface area contributed by atoms with Gasteiger partial charge in [0.05, 0.1) is 6.26 Å². The highest BCUT2D eigenvalue weighted by Crippen LogP contribution is 2.22. The van der Waals surface area contributed by atoms with Gasteiger partial charge in [0.1, 0.15) is 5.76 Å². The van der Waals surface area contributed by atoms with Crippen molar-refractivity contribution >= 4 is 5.91 Å². The molecule has 1 aromatic heterocycles. The Morgan fingerprint density at radius 2 is 2.44 bits per heavy atom. The largest absolute Gasteiger partial charge is 0.469 e. The van der Waals surface area contributed by atoms with Gasteiger partial charge in [-0.2, -0.15) is 0 Å². The molecule has 100 valence electrons. The SMILES string of the molecule is CC1CCN(C(=O)CCc2ccco2)CC1CN. The molecule has 18 heavy (non-hydrogen) atoms. The lowest BCUT2D eigenvalue weighted by Gasteiger charge is -2.36. The van der Waals surface area contributed by atoms with Crippen molar-refractivity contribution in [3.05, 3.63) is 24.2 Å². The van der Waals surface area contributed by atoms with Crippen molar-refractivity contribution in [2.45, 2.75) is 26.2 Å². The van der Waals surface area contributed by atoms with Crippen molar-refractivity contribution in [3.8, 4) is 0 Å². The number of rotatable bonds is 4. The Morgan fingerprint density at radius 3 is 3.11 bits per heavy atom. The summed E-state index contributed by atoms with van der Waals surface area (Å²) in [5.74, 6) is 2.18. The zero-order chi connectivity index (χ0) is 13.0. The normalized spacial score (nSPS) is 24.2. The summed E-state index contributed by atoms with van der Waals surface area (Å²) in [4.78, 5) is 14.1. The second-order valence-corrected chi connectivity index (χ2v) is 5.18. The highest BCUT2D eigenvalue weighted by molar-refractivity contribution is 5.76. The predicted molar refractivity (Wildman–Crippen MR) is 69.9 cm³/mol. The van der Waals surface area contributed by atoms with E-state index in [0.29, 0.717) is 31.2 Å². The van der Waals surface area contributed by atoms with Gasteiger partial charge in [0.25, 0.3) is 0 Å². The maximum absolute atomic E-state index is 12.1. The molecule has 2 unspecified atom stereocenters. The minimum atomic E-state index is 0.219. The summed E-state index contributed by atoms with van der Waals surface area (Å²) in [5, 5.41) is 0. The average Bonchev–Trinajstić information content (AvgIpc) is 2.89. The fourth-order valence-corrected chi connectivity index (χ4v) is 2.53. The van der Waals surface area contributed by atoms with Crippen molar-refractivity contribution in [2.24, 2.45) is 17.6 Å². The molecule has 0 aromatic carbocycles. The van der Waals surface area contributed by atoms with E-state index in [1.54, 1.807) is 6.26 Å². The van der Waals surface area contributed by atoms with Crippen LogP contribution in [0.4, 0.5) is 0 Å². The lowest BCUT2D eigenvalue weighted by Crippen LogP contribution is -2.45. The minimum absolute atomic E-state index is 0.219. The summed E-state index contributed by atoms with van der Waals surface area (Å²) in [6, 6.07) is 3.76. The van der Waals surface area contributed by atoms with E-state index in [1.165, 1.54) is 0 Å². The molecule has 1 saturated heterocycles. The molecular weight excluding hydrogens is 228 g/mol. The summed E-state index contributed by atoms with van der Waals surface area (Å²) in [6.45, 7) is 4.58. The summed E-state index contributed by atoms with van der Waals surface area (Å²) in [7, 11) is 0. The molecule has 0 saturated carbocycles. The van der Waals surface area contributed by atoms with Crippen LogP contribution in [0.15, 0.2) is 22.8 Å². The Hall–Kier alpha value is -1.29. The lowest BCUT2D eigenvalue weighted by molar-refractivity contribution is -0.133. The third kappa shape index (κ3) is 3.13. The molecule has 4 heteroatoms. The number of carbonyl (C=O) groups is 1. The molecule has 0 radical (unpaired) electrons. The van der Waals surface area contributed by atoms with Crippen LogP contribution < -0.4 is 5.73 Å². The second kappa shape index (κ2) is 6.05. The fraction of sp³-hybridized carbons (Fsp3) is 0.643. The number of amides is 1. The number of nitrogens with two attached hydrogens (primary N) is 1. The first-order valence-corrected chi connectivity index (χ1v) is 6.71. The van der Waals surface area contributed by atoms with Gasteiger partial charge in [-0.05, 0) is 36.9 Å². The monoisotopic (exact) mass is 250 g/mol. The van der Waals surface area contributed by atoms with Gasteiger partial charge in [-0.25, -0.2) is 0 Å². The van der Waals surface area contributed by atoms with Crippen LogP contribution in [0.2, 0.25) is 0 Å². The van der Waals surface area contributed by atoms with E-state index in [1.807, 2.05) is 17.0 Å². The molecule has 0 bridgehead atoms. The number of nitrogens with zero attached hydrogens (tertiary/aromatic N) is 1. The van der Waals surface area contributed by atoms with Crippen molar-refractivity contribution in [1.82, 2.24) is 4.90 Å². The van der Waals surface area contributed by atoms with Gasteiger partial charge in [-0.3, -0.25) is 4.79 Å². The Morgan fingerprint density at radius 1 is 1.61 bits per heavy atom. The maximum atomic E-state index is 12.1. The van der Waals surface area contributed by atoms with Crippen molar-refractivity contribution in [1.29, 1.82) is 0 Å². The summed E-state index contributed by atoms with van der Waals surface area (Å²) in [5.41, 5.74) is 5.75.